The van der Waals surface area contributed by atoms with Crippen LogP contribution in [0.15, 0.2) is 24.3 Å². The van der Waals surface area contributed by atoms with Crippen LogP contribution in [0.3, 0.4) is 0 Å². The molecule has 4 heteroatoms. The molecule has 3 atom stereocenters. The third-order valence-corrected chi connectivity index (χ3v) is 6.43. The lowest BCUT2D eigenvalue weighted by atomic mass is 9.48. The molecule has 124 valence electrons. The number of carbonyl (C=O) groups is 1. The summed E-state index contributed by atoms with van der Waals surface area (Å²) in [7, 11) is 0. The number of hydrogen-bond acceptors (Lipinski definition) is 3. The zero-order chi connectivity index (χ0) is 16.2. The number of esters is 1. The molecule has 4 bridgehead atoms. The SMILES string of the molecule is CC(OC(=O)C12CC3CC(CC(O)(C3)C1)C2)c1ccccc1Cl. The van der Waals surface area contributed by atoms with E-state index in [-0.39, 0.29) is 12.1 Å². The summed E-state index contributed by atoms with van der Waals surface area (Å²) in [5.74, 6) is 0.811. The summed E-state index contributed by atoms with van der Waals surface area (Å²) >= 11 is 6.21. The zero-order valence-electron chi connectivity index (χ0n) is 13.4. The smallest absolute Gasteiger partial charge is 0.312 e. The molecule has 0 radical (unpaired) electrons. The molecule has 0 amide bonds. The van der Waals surface area contributed by atoms with Gasteiger partial charge in [-0.25, -0.2) is 0 Å². The summed E-state index contributed by atoms with van der Waals surface area (Å²) in [5, 5.41) is 11.4. The Morgan fingerprint density at radius 1 is 1.26 bits per heavy atom. The van der Waals surface area contributed by atoms with E-state index < -0.39 is 11.0 Å². The number of halogens is 1. The van der Waals surface area contributed by atoms with Crippen molar-refractivity contribution < 1.29 is 14.6 Å². The summed E-state index contributed by atoms with van der Waals surface area (Å²) in [6, 6.07) is 7.48. The van der Waals surface area contributed by atoms with Gasteiger partial charge >= 0.3 is 5.97 Å². The van der Waals surface area contributed by atoms with Crippen molar-refractivity contribution in [3.63, 3.8) is 0 Å². The lowest BCUT2D eigenvalue weighted by molar-refractivity contribution is -0.199. The Kier molecular flexibility index (Phi) is 3.51. The predicted molar refractivity (Wildman–Crippen MR) is 88.0 cm³/mol. The molecule has 4 fully saturated rings. The van der Waals surface area contributed by atoms with Gasteiger partial charge in [0.1, 0.15) is 6.10 Å². The summed E-state index contributed by atoms with van der Waals surface area (Å²) in [4.78, 5) is 13.0. The third kappa shape index (κ3) is 2.58. The van der Waals surface area contributed by atoms with Crippen LogP contribution in [0.25, 0.3) is 0 Å². The highest BCUT2D eigenvalue weighted by Crippen LogP contribution is 2.62. The molecule has 4 aliphatic carbocycles. The zero-order valence-corrected chi connectivity index (χ0v) is 14.2. The Morgan fingerprint density at radius 3 is 2.52 bits per heavy atom. The van der Waals surface area contributed by atoms with Crippen LogP contribution >= 0.6 is 11.6 Å². The molecule has 0 heterocycles. The van der Waals surface area contributed by atoms with Crippen molar-refractivity contribution in [1.29, 1.82) is 0 Å². The van der Waals surface area contributed by atoms with E-state index in [0.717, 1.165) is 37.7 Å². The first-order valence-corrected chi connectivity index (χ1v) is 8.95. The van der Waals surface area contributed by atoms with E-state index >= 15 is 0 Å². The molecule has 5 rings (SSSR count). The van der Waals surface area contributed by atoms with Crippen molar-refractivity contribution in [2.45, 2.75) is 57.2 Å². The molecular formula is C19H23ClO3. The minimum Gasteiger partial charge on any atom is -0.457 e. The second kappa shape index (κ2) is 5.22. The van der Waals surface area contributed by atoms with Gasteiger partial charge < -0.3 is 9.84 Å². The maximum Gasteiger partial charge on any atom is 0.312 e. The highest BCUT2D eigenvalue weighted by atomic mass is 35.5. The Hall–Kier alpha value is -1.06. The van der Waals surface area contributed by atoms with E-state index in [9.17, 15) is 9.90 Å². The van der Waals surface area contributed by atoms with Crippen LogP contribution in [-0.4, -0.2) is 16.7 Å². The Bertz CT molecular complexity index is 627. The average Bonchev–Trinajstić information content (AvgIpc) is 2.44. The van der Waals surface area contributed by atoms with Crippen molar-refractivity contribution in [3.05, 3.63) is 34.9 Å². The molecule has 1 N–H and O–H groups in total. The van der Waals surface area contributed by atoms with E-state index in [1.807, 2.05) is 31.2 Å². The number of rotatable bonds is 3. The number of benzene rings is 1. The van der Waals surface area contributed by atoms with Gasteiger partial charge in [0.15, 0.2) is 0 Å². The minimum absolute atomic E-state index is 0.141. The highest BCUT2D eigenvalue weighted by Gasteiger charge is 2.61. The van der Waals surface area contributed by atoms with Crippen molar-refractivity contribution >= 4 is 17.6 Å². The topological polar surface area (TPSA) is 46.5 Å². The molecule has 0 saturated heterocycles. The van der Waals surface area contributed by atoms with Gasteiger partial charge in [0.05, 0.1) is 11.0 Å². The first-order chi connectivity index (χ1) is 10.9. The second-order valence-corrected chi connectivity index (χ2v) is 8.44. The maximum absolute atomic E-state index is 13.0. The van der Waals surface area contributed by atoms with Crippen LogP contribution < -0.4 is 0 Å². The summed E-state index contributed by atoms with van der Waals surface area (Å²) < 4.78 is 5.81. The largest absolute Gasteiger partial charge is 0.457 e. The standard InChI is InChI=1S/C19H23ClO3/c1-12(15-4-2-3-5-16(15)20)23-17(21)18-7-13-6-14(8-18)10-19(22,9-13)11-18/h2-5,12-14,22H,6-11H2,1H3. The molecule has 3 unspecified atom stereocenters. The van der Waals surface area contributed by atoms with Gasteiger partial charge in [0.2, 0.25) is 0 Å². The fourth-order valence-corrected chi connectivity index (χ4v) is 5.90. The minimum atomic E-state index is -0.642. The number of carbonyl (C=O) groups excluding carboxylic acids is 1. The Balaban J connectivity index is 1.54. The number of aliphatic hydroxyl groups is 1. The van der Waals surface area contributed by atoms with Crippen LogP contribution in [-0.2, 0) is 9.53 Å². The molecule has 0 aromatic heterocycles. The van der Waals surface area contributed by atoms with Crippen LogP contribution in [0.2, 0.25) is 5.02 Å². The van der Waals surface area contributed by atoms with E-state index in [0.29, 0.717) is 23.3 Å². The molecule has 3 nitrogen and oxygen atoms in total. The van der Waals surface area contributed by atoms with Gasteiger partial charge in [-0.15, -0.1) is 0 Å². The first kappa shape index (κ1) is 15.5. The van der Waals surface area contributed by atoms with E-state index in [2.05, 4.69) is 0 Å². The van der Waals surface area contributed by atoms with Crippen LogP contribution in [0.1, 0.15) is 57.1 Å². The van der Waals surface area contributed by atoms with Crippen molar-refractivity contribution in [1.82, 2.24) is 0 Å². The summed E-state index contributed by atoms with van der Waals surface area (Å²) in [5.41, 5.74) is -0.281. The molecule has 1 aromatic rings. The molecule has 4 saturated carbocycles. The Labute approximate surface area is 142 Å². The van der Waals surface area contributed by atoms with Crippen molar-refractivity contribution in [2.75, 3.05) is 0 Å². The monoisotopic (exact) mass is 334 g/mol. The third-order valence-electron chi connectivity index (χ3n) is 6.09. The fraction of sp³-hybridized carbons (Fsp3) is 0.632. The predicted octanol–water partition coefficient (Wildman–Crippen LogP) is 4.28. The molecule has 1 aromatic carbocycles. The van der Waals surface area contributed by atoms with Crippen LogP contribution in [0.4, 0.5) is 0 Å². The first-order valence-electron chi connectivity index (χ1n) is 8.57. The van der Waals surface area contributed by atoms with Gasteiger partial charge in [-0.2, -0.15) is 0 Å². The number of hydrogen-bond donors (Lipinski definition) is 1. The summed E-state index contributed by atoms with van der Waals surface area (Å²) in [6.45, 7) is 1.87. The average molecular weight is 335 g/mol. The van der Waals surface area contributed by atoms with Gasteiger partial charge in [-0.1, -0.05) is 29.8 Å². The molecule has 0 spiro atoms. The van der Waals surface area contributed by atoms with Crippen LogP contribution in [0, 0.1) is 17.3 Å². The molecule has 23 heavy (non-hydrogen) atoms. The van der Waals surface area contributed by atoms with E-state index in [4.69, 9.17) is 16.3 Å². The van der Waals surface area contributed by atoms with Gasteiger partial charge in [-0.3, -0.25) is 4.79 Å². The summed E-state index contributed by atoms with van der Waals surface area (Å²) in [6.07, 6.45) is 4.84. The quantitative estimate of drug-likeness (QED) is 0.839. The lowest BCUT2D eigenvalue weighted by Gasteiger charge is -2.58. The maximum atomic E-state index is 13.0. The highest BCUT2D eigenvalue weighted by molar-refractivity contribution is 6.31. The van der Waals surface area contributed by atoms with E-state index in [1.54, 1.807) is 0 Å². The van der Waals surface area contributed by atoms with Gasteiger partial charge in [0.25, 0.3) is 0 Å². The number of ether oxygens (including phenoxy) is 1. The molecule has 0 aliphatic heterocycles. The normalized spacial score (nSPS) is 39.3. The molecule has 4 aliphatic rings. The van der Waals surface area contributed by atoms with Gasteiger partial charge in [0, 0.05) is 10.6 Å². The van der Waals surface area contributed by atoms with E-state index in [1.165, 1.54) is 0 Å². The van der Waals surface area contributed by atoms with Gasteiger partial charge in [-0.05, 0) is 63.4 Å². The second-order valence-electron chi connectivity index (χ2n) is 8.03. The molecular weight excluding hydrogens is 312 g/mol. The van der Waals surface area contributed by atoms with Crippen LogP contribution in [0.5, 0.6) is 0 Å². The Morgan fingerprint density at radius 2 is 1.91 bits per heavy atom. The van der Waals surface area contributed by atoms with Crippen molar-refractivity contribution in [3.8, 4) is 0 Å². The van der Waals surface area contributed by atoms with Crippen molar-refractivity contribution in [2.24, 2.45) is 17.3 Å². The fourth-order valence-electron chi connectivity index (χ4n) is 5.61. The lowest BCUT2D eigenvalue weighted by Crippen LogP contribution is -2.58.